The Morgan fingerprint density at radius 2 is 2.25 bits per heavy atom. The van der Waals surface area contributed by atoms with Crippen molar-refractivity contribution in [2.45, 2.75) is 19.4 Å². The van der Waals surface area contributed by atoms with Crippen molar-refractivity contribution in [3.63, 3.8) is 0 Å². The highest BCUT2D eigenvalue weighted by atomic mass is 16.5. The average molecular weight is 220 g/mol. The fourth-order valence-corrected chi connectivity index (χ4v) is 1.39. The van der Waals surface area contributed by atoms with E-state index in [1.54, 1.807) is 0 Å². The standard InChI is InChI=1S/C13H16O3/c1-3-13(15)16-9-12(14)8-11-7-5-4-6-10(11)2/h3-7,12,14H,1,8-9H2,2H3. The van der Waals surface area contributed by atoms with E-state index in [-0.39, 0.29) is 6.61 Å². The van der Waals surface area contributed by atoms with E-state index in [9.17, 15) is 9.90 Å². The summed E-state index contributed by atoms with van der Waals surface area (Å²) in [7, 11) is 0. The molecule has 1 rings (SSSR count). The van der Waals surface area contributed by atoms with Crippen molar-refractivity contribution in [1.82, 2.24) is 0 Å². The second-order valence-corrected chi connectivity index (χ2v) is 3.62. The quantitative estimate of drug-likeness (QED) is 0.606. The lowest BCUT2D eigenvalue weighted by atomic mass is 10.0. The molecule has 0 aliphatic heterocycles. The van der Waals surface area contributed by atoms with Gasteiger partial charge in [0.2, 0.25) is 0 Å². The third-order valence-corrected chi connectivity index (χ3v) is 2.30. The fraction of sp³-hybridized carbons (Fsp3) is 0.308. The van der Waals surface area contributed by atoms with Gasteiger partial charge in [0.05, 0.1) is 6.10 Å². The van der Waals surface area contributed by atoms with Crippen molar-refractivity contribution < 1.29 is 14.6 Å². The summed E-state index contributed by atoms with van der Waals surface area (Å²) in [4.78, 5) is 10.8. The minimum Gasteiger partial charge on any atom is -0.460 e. The van der Waals surface area contributed by atoms with Gasteiger partial charge in [0.1, 0.15) is 6.61 Å². The number of hydrogen-bond donors (Lipinski definition) is 1. The molecule has 0 fully saturated rings. The van der Waals surface area contributed by atoms with Crippen LogP contribution in [0, 0.1) is 6.92 Å². The molecule has 0 aliphatic rings. The Morgan fingerprint density at radius 1 is 1.56 bits per heavy atom. The van der Waals surface area contributed by atoms with Crippen LogP contribution in [0.1, 0.15) is 11.1 Å². The molecule has 1 N–H and O–H groups in total. The average Bonchev–Trinajstić information content (AvgIpc) is 2.29. The van der Waals surface area contributed by atoms with Gasteiger partial charge in [0.15, 0.2) is 0 Å². The van der Waals surface area contributed by atoms with Crippen molar-refractivity contribution in [2.24, 2.45) is 0 Å². The maximum Gasteiger partial charge on any atom is 0.330 e. The van der Waals surface area contributed by atoms with Gasteiger partial charge in [-0.05, 0) is 18.1 Å². The lowest BCUT2D eigenvalue weighted by Crippen LogP contribution is -2.20. The molecule has 1 aromatic rings. The maximum absolute atomic E-state index is 10.8. The van der Waals surface area contributed by atoms with E-state index >= 15 is 0 Å². The molecule has 1 aromatic carbocycles. The Morgan fingerprint density at radius 3 is 2.88 bits per heavy atom. The van der Waals surface area contributed by atoms with Gasteiger partial charge in [-0.3, -0.25) is 0 Å². The topological polar surface area (TPSA) is 46.5 Å². The second kappa shape index (κ2) is 6.08. The number of aliphatic hydroxyl groups excluding tert-OH is 1. The van der Waals surface area contributed by atoms with Crippen molar-refractivity contribution in [2.75, 3.05) is 6.61 Å². The minimum atomic E-state index is -0.676. The highest BCUT2D eigenvalue weighted by Gasteiger charge is 2.09. The van der Waals surface area contributed by atoms with Gasteiger partial charge in [-0.1, -0.05) is 30.8 Å². The predicted molar refractivity (Wildman–Crippen MR) is 62.0 cm³/mol. The molecular weight excluding hydrogens is 204 g/mol. The first-order valence-corrected chi connectivity index (χ1v) is 5.15. The molecule has 0 bridgehead atoms. The van der Waals surface area contributed by atoms with Gasteiger partial charge < -0.3 is 9.84 Å². The van der Waals surface area contributed by atoms with Crippen LogP contribution in [0.4, 0.5) is 0 Å². The molecule has 0 heterocycles. The van der Waals surface area contributed by atoms with Crippen molar-refractivity contribution in [3.05, 3.63) is 48.0 Å². The Balaban J connectivity index is 2.45. The van der Waals surface area contributed by atoms with Crippen molar-refractivity contribution in [1.29, 1.82) is 0 Å². The largest absolute Gasteiger partial charge is 0.460 e. The zero-order chi connectivity index (χ0) is 12.0. The summed E-state index contributed by atoms with van der Waals surface area (Å²) >= 11 is 0. The zero-order valence-corrected chi connectivity index (χ0v) is 9.35. The van der Waals surface area contributed by atoms with Crippen LogP contribution in [0.15, 0.2) is 36.9 Å². The lowest BCUT2D eigenvalue weighted by molar-refractivity contribution is -0.140. The van der Waals surface area contributed by atoms with E-state index in [2.05, 4.69) is 6.58 Å². The van der Waals surface area contributed by atoms with Gasteiger partial charge in [-0.2, -0.15) is 0 Å². The summed E-state index contributed by atoms with van der Waals surface area (Å²) in [5.41, 5.74) is 2.18. The number of aryl methyl sites for hydroxylation is 1. The molecule has 3 heteroatoms. The zero-order valence-electron chi connectivity index (χ0n) is 9.35. The number of carbonyl (C=O) groups excluding carboxylic acids is 1. The van der Waals surface area contributed by atoms with E-state index in [1.165, 1.54) is 0 Å². The van der Waals surface area contributed by atoms with Crippen LogP contribution in [0.3, 0.4) is 0 Å². The van der Waals surface area contributed by atoms with Gasteiger partial charge in [0.25, 0.3) is 0 Å². The molecule has 16 heavy (non-hydrogen) atoms. The molecule has 0 aliphatic carbocycles. The summed E-state index contributed by atoms with van der Waals surface area (Å²) < 4.78 is 4.76. The summed E-state index contributed by atoms with van der Waals surface area (Å²) in [5, 5.41) is 9.66. The van der Waals surface area contributed by atoms with E-state index in [0.29, 0.717) is 6.42 Å². The number of ether oxygens (including phenoxy) is 1. The van der Waals surface area contributed by atoms with Gasteiger partial charge in [-0.25, -0.2) is 4.79 Å². The molecule has 1 unspecified atom stereocenters. The number of carbonyl (C=O) groups is 1. The van der Waals surface area contributed by atoms with Crippen LogP contribution in [0.2, 0.25) is 0 Å². The molecule has 0 radical (unpaired) electrons. The third kappa shape index (κ3) is 3.87. The summed E-state index contributed by atoms with van der Waals surface area (Å²) in [5.74, 6) is -0.510. The predicted octanol–water partition coefficient (Wildman–Crippen LogP) is 1.63. The molecule has 0 spiro atoms. The normalized spacial score (nSPS) is 11.9. The summed E-state index contributed by atoms with van der Waals surface area (Å²) in [6, 6.07) is 7.80. The molecule has 0 saturated carbocycles. The molecule has 0 amide bonds. The lowest BCUT2D eigenvalue weighted by Gasteiger charge is -2.12. The van der Waals surface area contributed by atoms with Crippen LogP contribution in [-0.4, -0.2) is 23.8 Å². The van der Waals surface area contributed by atoms with Gasteiger partial charge in [-0.15, -0.1) is 0 Å². The number of aliphatic hydroxyl groups is 1. The third-order valence-electron chi connectivity index (χ3n) is 2.30. The Labute approximate surface area is 95.4 Å². The van der Waals surface area contributed by atoms with Crippen LogP contribution >= 0.6 is 0 Å². The Bertz CT molecular complexity index is 371. The Kier molecular flexibility index (Phi) is 4.73. The van der Waals surface area contributed by atoms with Crippen molar-refractivity contribution >= 4 is 5.97 Å². The Hall–Kier alpha value is -1.61. The molecule has 0 aromatic heterocycles. The van der Waals surface area contributed by atoms with Crippen molar-refractivity contribution in [3.8, 4) is 0 Å². The molecule has 86 valence electrons. The summed E-state index contributed by atoms with van der Waals surface area (Å²) in [6.45, 7) is 5.26. The second-order valence-electron chi connectivity index (χ2n) is 3.62. The molecule has 3 nitrogen and oxygen atoms in total. The molecule has 0 saturated heterocycles. The minimum absolute atomic E-state index is 0.000806. The number of rotatable bonds is 5. The first-order valence-electron chi connectivity index (χ1n) is 5.15. The number of esters is 1. The maximum atomic E-state index is 10.8. The molecule has 1 atom stereocenters. The summed E-state index contributed by atoms with van der Waals surface area (Å²) in [6.07, 6.45) is 0.891. The number of benzene rings is 1. The SMILES string of the molecule is C=CC(=O)OCC(O)Cc1ccccc1C. The highest BCUT2D eigenvalue weighted by molar-refractivity contribution is 5.81. The highest BCUT2D eigenvalue weighted by Crippen LogP contribution is 2.09. The van der Waals surface area contributed by atoms with Crippen LogP contribution < -0.4 is 0 Å². The van der Waals surface area contributed by atoms with E-state index < -0.39 is 12.1 Å². The van der Waals surface area contributed by atoms with Gasteiger partial charge >= 0.3 is 5.97 Å². The van der Waals surface area contributed by atoms with Crippen LogP contribution in [-0.2, 0) is 16.0 Å². The van der Waals surface area contributed by atoms with Crippen LogP contribution in [0.25, 0.3) is 0 Å². The monoisotopic (exact) mass is 220 g/mol. The van der Waals surface area contributed by atoms with Crippen LogP contribution in [0.5, 0.6) is 0 Å². The van der Waals surface area contributed by atoms with Gasteiger partial charge in [0, 0.05) is 12.5 Å². The van der Waals surface area contributed by atoms with E-state index in [4.69, 9.17) is 4.74 Å². The first kappa shape index (κ1) is 12.5. The molecular formula is C13H16O3. The smallest absolute Gasteiger partial charge is 0.330 e. The first-order chi connectivity index (χ1) is 7.63. The van der Waals surface area contributed by atoms with E-state index in [0.717, 1.165) is 17.2 Å². The van der Waals surface area contributed by atoms with E-state index in [1.807, 2.05) is 31.2 Å². The number of hydrogen-bond acceptors (Lipinski definition) is 3. The fourth-order valence-electron chi connectivity index (χ4n) is 1.39.